The Morgan fingerprint density at radius 2 is 1.81 bits per heavy atom. The highest BCUT2D eigenvalue weighted by atomic mass is 79.9. The maximum Gasteiger partial charge on any atom is 0.275 e. The number of carbonyl (C=O) groups excluding carboxylic acids is 1. The second-order valence-corrected chi connectivity index (χ2v) is 5.69. The number of fused-ring (bicyclic) bond motifs is 1. The van der Waals surface area contributed by atoms with Crippen molar-refractivity contribution in [2.24, 2.45) is 0 Å². The first-order chi connectivity index (χ1) is 10.1. The van der Waals surface area contributed by atoms with Crippen LogP contribution >= 0.6 is 27.5 Å². The second-order valence-electron chi connectivity index (χ2n) is 4.38. The fourth-order valence-electron chi connectivity index (χ4n) is 1.92. The highest BCUT2D eigenvalue weighted by Crippen LogP contribution is 2.23. The first-order valence-electron chi connectivity index (χ1n) is 6.10. The SMILES string of the molecule is O=C(Nc1ccc2cc(Br)ccc2c1)c1cnc(Cl)cn1. The molecule has 0 saturated carbocycles. The van der Waals surface area contributed by atoms with E-state index in [1.165, 1.54) is 12.4 Å². The Labute approximate surface area is 134 Å². The molecule has 6 heteroatoms. The number of halogens is 2. The Balaban J connectivity index is 1.85. The summed E-state index contributed by atoms with van der Waals surface area (Å²) in [7, 11) is 0. The minimum atomic E-state index is -0.323. The summed E-state index contributed by atoms with van der Waals surface area (Å²) in [5, 5.41) is 5.17. The number of nitrogens with zero attached hydrogens (tertiary/aromatic N) is 2. The molecule has 1 heterocycles. The van der Waals surface area contributed by atoms with Gasteiger partial charge in [0.2, 0.25) is 0 Å². The third kappa shape index (κ3) is 3.20. The molecule has 0 spiro atoms. The third-order valence-corrected chi connectivity index (χ3v) is 3.60. The Morgan fingerprint density at radius 1 is 1.05 bits per heavy atom. The molecular weight excluding hydrogens is 354 g/mol. The van der Waals surface area contributed by atoms with Crippen LogP contribution in [0.4, 0.5) is 5.69 Å². The van der Waals surface area contributed by atoms with E-state index in [4.69, 9.17) is 11.6 Å². The molecule has 1 aromatic heterocycles. The average Bonchev–Trinajstić information content (AvgIpc) is 2.48. The van der Waals surface area contributed by atoms with Gasteiger partial charge in [0.25, 0.3) is 5.91 Å². The number of hydrogen-bond acceptors (Lipinski definition) is 3. The lowest BCUT2D eigenvalue weighted by atomic mass is 10.1. The fourth-order valence-corrected chi connectivity index (χ4v) is 2.40. The zero-order valence-corrected chi connectivity index (χ0v) is 13.0. The predicted octanol–water partition coefficient (Wildman–Crippen LogP) is 4.30. The molecule has 2 aromatic carbocycles. The van der Waals surface area contributed by atoms with Crippen molar-refractivity contribution < 1.29 is 4.79 Å². The molecule has 1 amide bonds. The van der Waals surface area contributed by atoms with Gasteiger partial charge in [0.15, 0.2) is 0 Å². The van der Waals surface area contributed by atoms with Gasteiger partial charge in [-0.1, -0.05) is 39.7 Å². The Hall–Kier alpha value is -1.98. The van der Waals surface area contributed by atoms with Gasteiger partial charge < -0.3 is 5.32 Å². The molecule has 1 N–H and O–H groups in total. The molecule has 0 fully saturated rings. The van der Waals surface area contributed by atoms with Crippen molar-refractivity contribution in [2.45, 2.75) is 0 Å². The van der Waals surface area contributed by atoms with Crippen molar-refractivity contribution >= 4 is 49.9 Å². The number of nitrogens with one attached hydrogen (secondary N) is 1. The molecular formula is C15H9BrClN3O. The van der Waals surface area contributed by atoms with Gasteiger partial charge in [0, 0.05) is 10.2 Å². The molecule has 0 bridgehead atoms. The Bertz CT molecular complexity index is 821. The van der Waals surface area contributed by atoms with Gasteiger partial charge in [-0.2, -0.15) is 0 Å². The maximum atomic E-state index is 12.1. The van der Waals surface area contributed by atoms with Crippen LogP contribution in [0, 0.1) is 0 Å². The lowest BCUT2D eigenvalue weighted by Gasteiger charge is -2.06. The highest BCUT2D eigenvalue weighted by molar-refractivity contribution is 9.10. The number of amides is 1. The van der Waals surface area contributed by atoms with Crippen LogP contribution in [0.25, 0.3) is 10.8 Å². The third-order valence-electron chi connectivity index (χ3n) is 2.91. The molecule has 0 atom stereocenters. The molecule has 21 heavy (non-hydrogen) atoms. The first-order valence-corrected chi connectivity index (χ1v) is 7.27. The van der Waals surface area contributed by atoms with Crippen LogP contribution in [0.5, 0.6) is 0 Å². The van der Waals surface area contributed by atoms with Gasteiger partial charge in [-0.05, 0) is 35.0 Å². The van der Waals surface area contributed by atoms with Crippen molar-refractivity contribution in [1.82, 2.24) is 9.97 Å². The molecule has 3 rings (SSSR count). The van der Waals surface area contributed by atoms with E-state index in [9.17, 15) is 4.79 Å². The number of anilines is 1. The van der Waals surface area contributed by atoms with Gasteiger partial charge in [-0.25, -0.2) is 9.97 Å². The van der Waals surface area contributed by atoms with Crippen molar-refractivity contribution in [1.29, 1.82) is 0 Å². The summed E-state index contributed by atoms with van der Waals surface area (Å²) in [6.07, 6.45) is 2.68. The lowest BCUT2D eigenvalue weighted by molar-refractivity contribution is 0.102. The van der Waals surface area contributed by atoms with E-state index in [0.717, 1.165) is 15.2 Å². The van der Waals surface area contributed by atoms with E-state index in [1.807, 2.05) is 36.4 Å². The van der Waals surface area contributed by atoms with Gasteiger partial charge in [0.05, 0.1) is 12.4 Å². The average molecular weight is 363 g/mol. The van der Waals surface area contributed by atoms with E-state index in [0.29, 0.717) is 5.69 Å². The largest absolute Gasteiger partial charge is 0.321 e. The van der Waals surface area contributed by atoms with Gasteiger partial charge in [-0.15, -0.1) is 0 Å². The summed E-state index contributed by atoms with van der Waals surface area (Å²) in [5.41, 5.74) is 0.918. The summed E-state index contributed by atoms with van der Waals surface area (Å²) in [6, 6.07) is 11.7. The molecule has 3 aromatic rings. The molecule has 0 saturated heterocycles. The van der Waals surface area contributed by atoms with Crippen molar-refractivity contribution in [3.05, 3.63) is 64.1 Å². The number of aromatic nitrogens is 2. The molecule has 0 aliphatic carbocycles. The number of hydrogen-bond donors (Lipinski definition) is 1. The van der Waals surface area contributed by atoms with Crippen LogP contribution in [-0.4, -0.2) is 15.9 Å². The zero-order chi connectivity index (χ0) is 14.8. The summed E-state index contributed by atoms with van der Waals surface area (Å²) >= 11 is 9.08. The molecule has 0 aliphatic rings. The minimum absolute atomic E-state index is 0.218. The maximum absolute atomic E-state index is 12.1. The van der Waals surface area contributed by atoms with Crippen LogP contribution in [0.3, 0.4) is 0 Å². The topological polar surface area (TPSA) is 54.9 Å². The van der Waals surface area contributed by atoms with E-state index < -0.39 is 0 Å². The summed E-state index contributed by atoms with van der Waals surface area (Å²) in [6.45, 7) is 0. The molecule has 4 nitrogen and oxygen atoms in total. The monoisotopic (exact) mass is 361 g/mol. The lowest BCUT2D eigenvalue weighted by Crippen LogP contribution is -2.13. The zero-order valence-electron chi connectivity index (χ0n) is 10.7. The predicted molar refractivity (Wildman–Crippen MR) is 86.6 cm³/mol. The number of carbonyl (C=O) groups is 1. The van der Waals surface area contributed by atoms with Crippen LogP contribution in [-0.2, 0) is 0 Å². The summed E-state index contributed by atoms with van der Waals surface area (Å²) in [4.78, 5) is 19.8. The van der Waals surface area contributed by atoms with Crippen LogP contribution in [0.1, 0.15) is 10.5 Å². The Kier molecular flexibility index (Phi) is 3.86. The van der Waals surface area contributed by atoms with Crippen LogP contribution in [0.2, 0.25) is 5.15 Å². The number of benzene rings is 2. The van der Waals surface area contributed by atoms with Gasteiger partial charge in [-0.3, -0.25) is 4.79 Å². The molecule has 0 unspecified atom stereocenters. The summed E-state index contributed by atoms with van der Waals surface area (Å²) in [5.74, 6) is -0.323. The van der Waals surface area contributed by atoms with Crippen molar-refractivity contribution in [2.75, 3.05) is 5.32 Å². The highest BCUT2D eigenvalue weighted by Gasteiger charge is 2.08. The number of rotatable bonds is 2. The van der Waals surface area contributed by atoms with E-state index in [2.05, 4.69) is 31.2 Å². The van der Waals surface area contributed by atoms with Gasteiger partial charge in [0.1, 0.15) is 10.8 Å². The molecule has 0 radical (unpaired) electrons. The fraction of sp³-hybridized carbons (Fsp3) is 0. The van der Waals surface area contributed by atoms with Gasteiger partial charge >= 0.3 is 0 Å². The van der Waals surface area contributed by atoms with Crippen molar-refractivity contribution in [3.63, 3.8) is 0 Å². The van der Waals surface area contributed by atoms with Crippen LogP contribution < -0.4 is 5.32 Å². The van der Waals surface area contributed by atoms with Crippen molar-refractivity contribution in [3.8, 4) is 0 Å². The Morgan fingerprint density at radius 3 is 2.57 bits per heavy atom. The van der Waals surface area contributed by atoms with E-state index in [1.54, 1.807) is 0 Å². The van der Waals surface area contributed by atoms with Crippen LogP contribution in [0.15, 0.2) is 53.3 Å². The van der Waals surface area contributed by atoms with E-state index in [-0.39, 0.29) is 16.8 Å². The minimum Gasteiger partial charge on any atom is -0.321 e. The second kappa shape index (κ2) is 5.79. The summed E-state index contributed by atoms with van der Waals surface area (Å²) < 4.78 is 1.02. The quantitative estimate of drug-likeness (QED) is 0.739. The van der Waals surface area contributed by atoms with E-state index >= 15 is 0 Å². The molecule has 0 aliphatic heterocycles. The first kappa shape index (κ1) is 14.0. The smallest absolute Gasteiger partial charge is 0.275 e. The molecule has 104 valence electrons. The normalized spacial score (nSPS) is 10.6. The standard InChI is InChI=1S/C15H9BrClN3O/c16-11-3-1-10-6-12(4-2-9(10)5-11)20-15(21)13-7-19-14(17)8-18-13/h1-8H,(H,20,21).